The van der Waals surface area contributed by atoms with Gasteiger partial charge in [0.1, 0.15) is 69.9 Å². The molecule has 14 aromatic rings. The van der Waals surface area contributed by atoms with Gasteiger partial charge in [0.05, 0.1) is 45.0 Å². The summed E-state index contributed by atoms with van der Waals surface area (Å²) in [5.74, 6) is 16.8. The van der Waals surface area contributed by atoms with Gasteiger partial charge < -0.3 is 57.3 Å². The quantitative estimate of drug-likeness (QED) is 0.0544. The third-order valence-electron chi connectivity index (χ3n) is 24.9. The summed E-state index contributed by atoms with van der Waals surface area (Å²) >= 11 is 0. The van der Waals surface area contributed by atoms with Gasteiger partial charge in [-0.25, -0.2) is 19.7 Å². The van der Waals surface area contributed by atoms with Crippen molar-refractivity contribution in [3.8, 4) is 75.1 Å². The summed E-state index contributed by atoms with van der Waals surface area (Å²) in [5.41, 5.74) is 9.76. The normalized spacial score (nSPS) is 13.4. The Kier molecular flexibility index (Phi) is 51.7. The molecule has 0 spiro atoms. The second kappa shape index (κ2) is 65.3. The number of morpholine rings is 1. The first-order chi connectivity index (χ1) is 71.6. The number of urea groups is 1. The summed E-state index contributed by atoms with van der Waals surface area (Å²) in [6.07, 6.45) is 25.3. The zero-order chi connectivity index (χ0) is 106. The van der Waals surface area contributed by atoms with Gasteiger partial charge in [-0.3, -0.25) is 19.7 Å². The maximum Gasteiger partial charge on any atom is 0.320 e. The fraction of sp³-hybridized carbons (Fsp3) is 0.387. The number of nitrogens with zero attached hydrogens (tertiary/aromatic N) is 13. The Morgan fingerprint density at radius 2 is 0.682 bits per heavy atom. The zero-order valence-corrected chi connectivity index (χ0v) is 90.6. The number of hydrogen-bond acceptors (Lipinski definition) is 21. The molecule has 0 radical (unpaired) electrons. The van der Waals surface area contributed by atoms with Gasteiger partial charge in [-0.05, 0) is 252 Å². The molecule has 11 heterocycles. The van der Waals surface area contributed by atoms with Crippen LogP contribution < -0.4 is 33.2 Å². The Morgan fingerprint density at radius 3 is 1.09 bits per heavy atom. The van der Waals surface area contributed by atoms with Crippen molar-refractivity contribution in [2.75, 3.05) is 65.7 Å². The number of pyridine rings is 4. The fourth-order valence-electron chi connectivity index (χ4n) is 15.6. The number of ether oxygens (including phenoxy) is 9. The van der Waals surface area contributed by atoms with Crippen LogP contribution in [0.2, 0.25) is 0 Å². The summed E-state index contributed by atoms with van der Waals surface area (Å²) in [6, 6.07) is 82.6. The third kappa shape index (κ3) is 43.4. The Morgan fingerprint density at radius 1 is 0.291 bits per heavy atom. The van der Waals surface area contributed by atoms with Gasteiger partial charge in [-0.1, -0.05) is 236 Å². The topological polar surface area (TPSA) is 256 Å². The number of benzene rings is 7. The van der Waals surface area contributed by atoms with Gasteiger partial charge in [0.25, 0.3) is 5.91 Å². The highest BCUT2D eigenvalue weighted by Crippen LogP contribution is 2.33. The van der Waals surface area contributed by atoms with E-state index < -0.39 is 0 Å². The number of hydrogen-bond donors (Lipinski definition) is 0. The number of carbonyl (C=O) groups excluding carboxylic acids is 2. The second-order valence-corrected chi connectivity index (χ2v) is 38.9. The first-order valence-electron chi connectivity index (χ1n) is 52.5. The summed E-state index contributed by atoms with van der Waals surface area (Å²) in [7, 11) is 0. The van der Waals surface area contributed by atoms with Gasteiger partial charge >= 0.3 is 6.03 Å². The molecule has 7 aromatic carbocycles. The molecule has 0 N–H and O–H groups in total. The standard InChI is InChI=1S/C15H21NO.3C14H15NO.C13H24N2O2.3C13H14N2O.C13H19NO2.C2H6/c1-12(2)13-8-10-16(11-9-13)15(17)14-6-4-3-5-7-14;1-11(2)12-3-5-13(6-4-12)16-14-7-9-15-10-8-14;1-11(2)12-5-7-13(8-6-12)16-14-4-3-9-15-10-14;1-11(2)12-6-8-13(9-7-12)16-14-5-3-4-10-15-14;1-11(2)12-3-5-14(6-4-12)13(16)15-7-9-17-10-8-15;1-10(2)11-3-5-12(6-4-11)16-13-7-8-14-9-15-13;1-10(2)11-3-5-12(6-4-11)16-13-7-8-14-15-9-13;1-10(2)11-5-7-12(8-6-11)16-13-4-3-9-14-15-13;1-10(2)13-9-12(3-6-14-13)16-11-4-7-15-8-5-11;1-2/h3-7,12-13H,8-11H2,1-2H3;3*3-11H,1-2H3;11-12H,3-10H2,1-2H3;3*3-10H,1-2H3;3,6,9-11H,4-5,7-8H2,1-2H3;1-2H3. The minimum atomic E-state index is 0.188. The van der Waals surface area contributed by atoms with Crippen LogP contribution in [0.25, 0.3) is 0 Å². The van der Waals surface area contributed by atoms with Crippen molar-refractivity contribution in [3.05, 3.63) is 368 Å². The van der Waals surface area contributed by atoms with Crippen LogP contribution in [0.1, 0.15) is 268 Å². The monoisotopic (exact) mass is 2000 g/mol. The molecule has 3 amide bonds. The lowest BCUT2D eigenvalue weighted by molar-refractivity contribution is 0.0255. The zero-order valence-electron chi connectivity index (χ0n) is 90.6. The van der Waals surface area contributed by atoms with Crippen LogP contribution in [0.3, 0.4) is 0 Å². The van der Waals surface area contributed by atoms with E-state index in [0.29, 0.717) is 84.1 Å². The van der Waals surface area contributed by atoms with E-state index in [1.165, 1.54) is 39.7 Å². The lowest BCUT2D eigenvalue weighted by Crippen LogP contribution is -2.50. The first kappa shape index (κ1) is 117. The second-order valence-electron chi connectivity index (χ2n) is 38.9. The Labute approximate surface area is 880 Å². The van der Waals surface area contributed by atoms with Crippen molar-refractivity contribution in [2.45, 2.75) is 225 Å². The summed E-state index contributed by atoms with van der Waals surface area (Å²) in [4.78, 5) is 54.6. The van der Waals surface area contributed by atoms with Gasteiger partial charge in [-0.15, -0.1) is 5.10 Å². The molecule has 784 valence electrons. The van der Waals surface area contributed by atoms with Crippen LogP contribution in [-0.2, 0) is 9.47 Å². The number of piperidine rings is 2. The van der Waals surface area contributed by atoms with Gasteiger partial charge in [0, 0.05) is 137 Å². The van der Waals surface area contributed by atoms with E-state index in [4.69, 9.17) is 42.6 Å². The molecule has 148 heavy (non-hydrogen) atoms. The van der Waals surface area contributed by atoms with Crippen LogP contribution in [0.15, 0.2) is 323 Å². The molecule has 4 fully saturated rings. The molecule has 18 rings (SSSR count). The van der Waals surface area contributed by atoms with E-state index in [0.717, 1.165) is 178 Å². The molecule has 4 aliphatic heterocycles. The highest BCUT2D eigenvalue weighted by molar-refractivity contribution is 5.94. The molecule has 4 aliphatic rings. The van der Waals surface area contributed by atoms with Crippen molar-refractivity contribution < 1.29 is 52.2 Å². The molecule has 24 nitrogen and oxygen atoms in total. The Hall–Kier alpha value is -14.4. The molecule has 0 unspecified atom stereocenters. The number of aromatic nitrogens is 10. The van der Waals surface area contributed by atoms with Crippen molar-refractivity contribution in [3.63, 3.8) is 0 Å². The van der Waals surface area contributed by atoms with Gasteiger partial charge in [0.2, 0.25) is 17.6 Å². The van der Waals surface area contributed by atoms with Gasteiger partial charge in [-0.2, -0.15) is 15.3 Å². The van der Waals surface area contributed by atoms with Crippen LogP contribution in [0.5, 0.6) is 75.1 Å². The molecular weight excluding hydrogens is 1850 g/mol. The van der Waals surface area contributed by atoms with Crippen molar-refractivity contribution in [1.82, 2.24) is 65.0 Å². The summed E-state index contributed by atoms with van der Waals surface area (Å²) in [6.45, 7) is 51.7. The molecule has 7 aromatic heterocycles. The fourth-order valence-corrected chi connectivity index (χ4v) is 15.6. The largest absolute Gasteiger partial charge is 0.490 e. The highest BCUT2D eigenvalue weighted by atomic mass is 16.5. The molecular formula is C124H157N13O11. The highest BCUT2D eigenvalue weighted by Gasteiger charge is 2.29. The lowest BCUT2D eigenvalue weighted by atomic mass is 9.86. The van der Waals surface area contributed by atoms with Crippen molar-refractivity contribution in [1.29, 1.82) is 0 Å². The van der Waals surface area contributed by atoms with Crippen LogP contribution >= 0.6 is 0 Å². The van der Waals surface area contributed by atoms with Crippen molar-refractivity contribution >= 4 is 11.9 Å². The van der Waals surface area contributed by atoms with Gasteiger partial charge in [0.15, 0.2) is 0 Å². The molecule has 0 atom stereocenters. The molecule has 0 aliphatic carbocycles. The minimum Gasteiger partial charge on any atom is -0.490 e. The Balaban J connectivity index is 0.000000185. The van der Waals surface area contributed by atoms with E-state index >= 15 is 0 Å². The third-order valence-corrected chi connectivity index (χ3v) is 24.9. The predicted molar refractivity (Wildman–Crippen MR) is 593 cm³/mol. The van der Waals surface area contributed by atoms with E-state index in [1.54, 1.807) is 80.0 Å². The predicted octanol–water partition coefficient (Wildman–Crippen LogP) is 31.0. The summed E-state index contributed by atoms with van der Waals surface area (Å²) in [5, 5.41) is 15.1. The molecule has 4 saturated heterocycles. The molecule has 24 heteroatoms. The molecule has 0 bridgehead atoms. The first-order valence-corrected chi connectivity index (χ1v) is 52.5. The maximum atomic E-state index is 12.2. The maximum absolute atomic E-state index is 12.2. The number of rotatable bonds is 24. The number of likely N-dealkylation sites (tertiary alicyclic amines) is 2. The van der Waals surface area contributed by atoms with Crippen LogP contribution in [0, 0.1) is 23.7 Å². The Bertz CT molecular complexity index is 5180. The smallest absolute Gasteiger partial charge is 0.320 e. The van der Waals surface area contributed by atoms with E-state index in [-0.39, 0.29) is 11.9 Å². The number of carbonyl (C=O) groups is 2. The van der Waals surface area contributed by atoms with E-state index in [1.807, 2.05) is 192 Å². The van der Waals surface area contributed by atoms with E-state index in [2.05, 4.69) is 248 Å². The van der Waals surface area contributed by atoms with Crippen LogP contribution in [-0.4, -0.2) is 149 Å². The van der Waals surface area contributed by atoms with Crippen LogP contribution in [0.4, 0.5) is 4.79 Å². The average molecular weight is 2010 g/mol. The van der Waals surface area contributed by atoms with E-state index in [9.17, 15) is 9.59 Å². The SMILES string of the molecule is CC.CC(C)C1CCN(C(=O)N2CCOCC2)CC1.CC(C)C1CCN(C(=O)c2ccccc2)CC1.CC(C)c1cc(OC2CCOCC2)ccn1.CC(C)c1ccc(Oc2ccccn2)cc1.CC(C)c1ccc(Oc2cccnc2)cc1.CC(C)c1ccc(Oc2cccnn2)cc1.CC(C)c1ccc(Oc2ccncc2)cc1.CC(C)c1ccc(Oc2ccncn2)cc1.CC(C)c1ccc(Oc2ccnnc2)cc1. The summed E-state index contributed by atoms with van der Waals surface area (Å²) < 4.78 is 50.1. The van der Waals surface area contributed by atoms with Crippen molar-refractivity contribution in [2.24, 2.45) is 23.7 Å². The molecule has 0 saturated carbocycles. The number of amides is 3. The minimum absolute atomic E-state index is 0.188. The lowest BCUT2D eigenvalue weighted by Gasteiger charge is -2.38. The average Bonchev–Trinajstić information content (AvgIpc) is 0.843.